The SMILES string of the molecule is NCCCC[C@@H]1C(=O)N2C[C@@H](NC(=O)Nc3cc(C(F)(F)F)cc(C(F)(F)F)c3)C[C@@H]2CN1C(=O)Nc1ccc(Cl)c(Cl)c1. The Morgan fingerprint density at radius 1 is 0.886 bits per heavy atom. The fraction of sp³-hybridized carbons (Fsp3) is 0.444. The number of piperazine rings is 1. The summed E-state index contributed by atoms with van der Waals surface area (Å²) in [6.07, 6.45) is -8.48. The Balaban J connectivity index is 1.46. The van der Waals surface area contributed by atoms with E-state index in [0.29, 0.717) is 43.6 Å². The fourth-order valence-electron chi connectivity index (χ4n) is 5.28. The number of alkyl halides is 6. The highest BCUT2D eigenvalue weighted by Gasteiger charge is 2.47. The monoisotopic (exact) mass is 668 g/mol. The molecule has 0 spiro atoms. The molecule has 5 amide bonds. The first-order chi connectivity index (χ1) is 20.6. The Morgan fingerprint density at radius 3 is 2.14 bits per heavy atom. The van der Waals surface area contributed by atoms with Crippen LogP contribution in [0.25, 0.3) is 0 Å². The van der Waals surface area contributed by atoms with Gasteiger partial charge in [-0.05, 0) is 68.6 Å². The molecule has 2 saturated heterocycles. The van der Waals surface area contributed by atoms with Gasteiger partial charge in [0.1, 0.15) is 6.04 Å². The highest BCUT2D eigenvalue weighted by atomic mass is 35.5. The number of benzene rings is 2. The van der Waals surface area contributed by atoms with E-state index >= 15 is 0 Å². The summed E-state index contributed by atoms with van der Waals surface area (Å²) in [4.78, 5) is 42.4. The molecule has 2 fully saturated rings. The summed E-state index contributed by atoms with van der Waals surface area (Å²) in [5, 5.41) is 7.76. The van der Waals surface area contributed by atoms with Crippen LogP contribution in [-0.4, -0.2) is 65.5 Å². The molecule has 0 aliphatic carbocycles. The van der Waals surface area contributed by atoms with Crippen molar-refractivity contribution in [2.45, 2.75) is 56.2 Å². The average Bonchev–Trinajstić information content (AvgIpc) is 3.33. The summed E-state index contributed by atoms with van der Waals surface area (Å²) < 4.78 is 79.2. The van der Waals surface area contributed by atoms with Gasteiger partial charge in [0.2, 0.25) is 5.91 Å². The Hall–Kier alpha value is -3.43. The summed E-state index contributed by atoms with van der Waals surface area (Å²) >= 11 is 12.0. The van der Waals surface area contributed by atoms with Crippen molar-refractivity contribution < 1.29 is 40.7 Å². The Morgan fingerprint density at radius 2 is 1.55 bits per heavy atom. The maximum absolute atomic E-state index is 13.5. The van der Waals surface area contributed by atoms with Gasteiger partial charge in [-0.25, -0.2) is 9.59 Å². The molecule has 0 saturated carbocycles. The van der Waals surface area contributed by atoms with Crippen LogP contribution in [-0.2, 0) is 17.1 Å². The molecule has 9 nitrogen and oxygen atoms in total. The van der Waals surface area contributed by atoms with E-state index in [1.807, 2.05) is 5.32 Å². The molecule has 2 aromatic rings. The zero-order valence-corrected chi connectivity index (χ0v) is 24.4. The highest BCUT2D eigenvalue weighted by Crippen LogP contribution is 2.38. The van der Waals surface area contributed by atoms with Crippen LogP contribution in [0.5, 0.6) is 0 Å². The molecule has 2 heterocycles. The second kappa shape index (κ2) is 13.3. The summed E-state index contributed by atoms with van der Waals surface area (Å²) in [6, 6.07) is 1.60. The summed E-state index contributed by atoms with van der Waals surface area (Å²) in [5.74, 6) is -0.361. The number of hydrogen-bond acceptors (Lipinski definition) is 4. The van der Waals surface area contributed by atoms with Crippen molar-refractivity contribution in [3.8, 4) is 0 Å². The van der Waals surface area contributed by atoms with Crippen LogP contribution in [0.15, 0.2) is 36.4 Å². The van der Waals surface area contributed by atoms with Crippen molar-refractivity contribution in [1.82, 2.24) is 15.1 Å². The maximum atomic E-state index is 13.5. The number of nitrogens with two attached hydrogens (primary N) is 1. The maximum Gasteiger partial charge on any atom is 0.416 e. The molecule has 44 heavy (non-hydrogen) atoms. The Bertz CT molecular complexity index is 1380. The highest BCUT2D eigenvalue weighted by molar-refractivity contribution is 6.42. The predicted molar refractivity (Wildman–Crippen MR) is 151 cm³/mol. The first-order valence-electron chi connectivity index (χ1n) is 13.5. The number of halogens is 8. The molecular weight excluding hydrogens is 641 g/mol. The minimum Gasteiger partial charge on any atom is -0.334 e. The number of carbonyl (C=O) groups excluding carboxylic acids is 3. The molecule has 2 aromatic carbocycles. The lowest BCUT2D eigenvalue weighted by Crippen LogP contribution is -2.62. The van der Waals surface area contributed by atoms with Crippen LogP contribution >= 0.6 is 23.2 Å². The molecule has 0 radical (unpaired) electrons. The largest absolute Gasteiger partial charge is 0.416 e. The van der Waals surface area contributed by atoms with Gasteiger partial charge in [0.15, 0.2) is 0 Å². The zero-order chi connectivity index (χ0) is 32.4. The number of fused-ring (bicyclic) bond motifs is 1. The minimum absolute atomic E-state index is 0.0307. The number of anilines is 2. The number of rotatable bonds is 7. The molecule has 0 unspecified atom stereocenters. The van der Waals surface area contributed by atoms with E-state index < -0.39 is 59.4 Å². The number of hydrogen-bond donors (Lipinski definition) is 4. The number of nitrogens with one attached hydrogen (secondary N) is 3. The van der Waals surface area contributed by atoms with Gasteiger partial charge in [0.05, 0.1) is 33.3 Å². The third-order valence-electron chi connectivity index (χ3n) is 7.31. The number of carbonyl (C=O) groups is 3. The van der Waals surface area contributed by atoms with Crippen molar-refractivity contribution in [2.24, 2.45) is 5.73 Å². The van der Waals surface area contributed by atoms with Crippen molar-refractivity contribution >= 4 is 52.5 Å². The lowest BCUT2D eigenvalue weighted by molar-refractivity contribution is -0.143. The van der Waals surface area contributed by atoms with Crippen molar-refractivity contribution in [2.75, 3.05) is 30.3 Å². The van der Waals surface area contributed by atoms with Crippen molar-refractivity contribution in [3.63, 3.8) is 0 Å². The first-order valence-corrected chi connectivity index (χ1v) is 14.2. The second-order valence-electron chi connectivity index (χ2n) is 10.5. The van der Waals surface area contributed by atoms with Crippen molar-refractivity contribution in [3.05, 3.63) is 57.6 Å². The van der Waals surface area contributed by atoms with Gasteiger partial charge in [0, 0.05) is 24.5 Å². The van der Waals surface area contributed by atoms with Gasteiger partial charge >= 0.3 is 24.4 Å². The van der Waals surface area contributed by atoms with Gasteiger partial charge in [-0.1, -0.05) is 23.2 Å². The lowest BCUT2D eigenvalue weighted by atomic mass is 10.0. The molecule has 4 rings (SSSR count). The molecule has 5 N–H and O–H groups in total. The smallest absolute Gasteiger partial charge is 0.334 e. The standard InChI is InChI=1S/C27H28Cl2F6N6O3/c28-20-5-4-16(11-21(20)29)39-25(44)41-13-19-10-18(12-40(19)23(42)22(41)3-1-2-6-36)38-24(43)37-17-8-14(26(30,31)32)7-15(9-17)27(33,34)35/h4-5,7-9,11,18-19,22H,1-3,6,10,12-13,36H2,(H,39,44)(H2,37,38,43)/t18-,19+,22+/m0/s1. The second-order valence-corrected chi connectivity index (χ2v) is 11.3. The molecule has 240 valence electrons. The molecule has 3 atom stereocenters. The summed E-state index contributed by atoms with van der Waals surface area (Å²) in [5.41, 5.74) is 2.09. The van der Waals surface area contributed by atoms with E-state index in [1.54, 1.807) is 6.07 Å². The Kier molecular flexibility index (Phi) is 10.1. The lowest BCUT2D eigenvalue weighted by Gasteiger charge is -2.42. The van der Waals surface area contributed by atoms with E-state index in [4.69, 9.17) is 28.9 Å². The Labute approximate surface area is 258 Å². The van der Waals surface area contributed by atoms with E-state index in [-0.39, 0.29) is 41.5 Å². The molecule has 17 heteroatoms. The number of nitrogens with zero attached hydrogens (tertiary/aromatic N) is 2. The average molecular weight is 669 g/mol. The van der Waals surface area contributed by atoms with Gasteiger partial charge < -0.3 is 31.5 Å². The molecule has 2 aliphatic heterocycles. The van der Waals surface area contributed by atoms with Crippen LogP contribution in [0.3, 0.4) is 0 Å². The van der Waals surface area contributed by atoms with E-state index in [2.05, 4.69) is 10.6 Å². The normalized spacial score (nSPS) is 20.4. The fourth-order valence-corrected chi connectivity index (χ4v) is 5.58. The molecular formula is C27H28Cl2F6N6O3. The number of unbranched alkanes of at least 4 members (excludes halogenated alkanes) is 1. The van der Waals surface area contributed by atoms with E-state index in [0.717, 1.165) is 0 Å². The third kappa shape index (κ3) is 7.99. The molecule has 0 bridgehead atoms. The van der Waals surface area contributed by atoms with Crippen LogP contribution < -0.4 is 21.7 Å². The zero-order valence-electron chi connectivity index (χ0n) is 22.9. The third-order valence-corrected chi connectivity index (χ3v) is 8.05. The number of urea groups is 2. The van der Waals surface area contributed by atoms with Crippen LogP contribution in [0, 0.1) is 0 Å². The van der Waals surface area contributed by atoms with Gasteiger partial charge in [0.25, 0.3) is 0 Å². The van der Waals surface area contributed by atoms with Crippen LogP contribution in [0.1, 0.15) is 36.8 Å². The molecule has 0 aromatic heterocycles. The van der Waals surface area contributed by atoms with Crippen molar-refractivity contribution in [1.29, 1.82) is 0 Å². The first kappa shape index (κ1) is 33.5. The summed E-state index contributed by atoms with van der Waals surface area (Å²) in [7, 11) is 0. The van der Waals surface area contributed by atoms with Crippen LogP contribution in [0.2, 0.25) is 10.0 Å². The minimum atomic E-state index is -5.08. The van der Waals surface area contributed by atoms with E-state index in [9.17, 15) is 40.7 Å². The molecule has 2 aliphatic rings. The van der Waals surface area contributed by atoms with Gasteiger partial charge in [-0.15, -0.1) is 0 Å². The quantitative estimate of drug-likeness (QED) is 0.208. The van der Waals surface area contributed by atoms with Crippen LogP contribution in [0.4, 0.5) is 47.3 Å². The predicted octanol–water partition coefficient (Wildman–Crippen LogP) is 6.17. The van der Waals surface area contributed by atoms with Gasteiger partial charge in [-0.2, -0.15) is 26.3 Å². The van der Waals surface area contributed by atoms with Gasteiger partial charge in [-0.3, -0.25) is 4.79 Å². The summed E-state index contributed by atoms with van der Waals surface area (Å²) in [6.45, 7) is 0.525. The van der Waals surface area contributed by atoms with E-state index in [1.165, 1.54) is 21.9 Å². The topological polar surface area (TPSA) is 120 Å². The number of amides is 5.